The first-order chi connectivity index (χ1) is 8.63. The number of nitrogens with two attached hydrogens (primary N) is 1. The van der Waals surface area contributed by atoms with E-state index in [4.69, 9.17) is 5.73 Å². The highest BCUT2D eigenvalue weighted by Gasteiger charge is 2.41. The van der Waals surface area contributed by atoms with E-state index in [0.29, 0.717) is 17.7 Å². The highest BCUT2D eigenvalue weighted by molar-refractivity contribution is 5.76. The Hall–Kier alpha value is -0.570. The molecule has 2 aliphatic carbocycles. The Balaban J connectivity index is 1.52. The van der Waals surface area contributed by atoms with Crippen molar-refractivity contribution < 1.29 is 4.79 Å². The summed E-state index contributed by atoms with van der Waals surface area (Å²) in [5.41, 5.74) is 6.08. The first kappa shape index (κ1) is 12.5. The summed E-state index contributed by atoms with van der Waals surface area (Å²) in [6, 6.07) is 0.183. The van der Waals surface area contributed by atoms with Crippen molar-refractivity contribution in [1.29, 1.82) is 0 Å². The van der Waals surface area contributed by atoms with Gasteiger partial charge >= 0.3 is 0 Å². The van der Waals surface area contributed by atoms with Crippen LogP contribution in [0.3, 0.4) is 0 Å². The third-order valence-electron chi connectivity index (χ3n) is 5.69. The molecule has 5 unspecified atom stereocenters. The summed E-state index contributed by atoms with van der Waals surface area (Å²) in [5, 5.41) is 0. The van der Waals surface area contributed by atoms with Crippen LogP contribution in [0.4, 0.5) is 0 Å². The number of likely N-dealkylation sites (tertiary alicyclic amines) is 1. The molecule has 1 amide bonds. The van der Waals surface area contributed by atoms with Crippen LogP contribution in [0, 0.1) is 23.7 Å². The molecule has 3 rings (SSSR count). The normalized spacial score (nSPS) is 43.4. The number of amides is 1. The quantitative estimate of drug-likeness (QED) is 0.815. The number of hydrogen-bond donors (Lipinski definition) is 1. The predicted octanol–water partition coefficient (Wildman–Crippen LogP) is 2.01. The molecular formula is C15H26N2O. The van der Waals surface area contributed by atoms with Crippen molar-refractivity contribution in [3.63, 3.8) is 0 Å². The fraction of sp³-hybridized carbons (Fsp3) is 0.933. The molecule has 1 aliphatic heterocycles. The minimum Gasteiger partial charge on any atom is -0.341 e. The predicted molar refractivity (Wildman–Crippen MR) is 71.9 cm³/mol. The van der Waals surface area contributed by atoms with Gasteiger partial charge in [0.05, 0.1) is 0 Å². The van der Waals surface area contributed by atoms with Crippen molar-refractivity contribution in [3.05, 3.63) is 0 Å². The average Bonchev–Trinajstić information content (AvgIpc) is 2.94. The van der Waals surface area contributed by atoms with E-state index in [1.807, 2.05) is 4.90 Å². The standard InChI is InChI=1S/C15H26N2O/c1-10-4-5-17(9-14(10)16)15(18)8-13-7-11-2-3-12(13)6-11/h10-14H,2-9,16H2,1H3. The van der Waals surface area contributed by atoms with Gasteiger partial charge in [0.15, 0.2) is 0 Å². The van der Waals surface area contributed by atoms with Crippen LogP contribution in [0.5, 0.6) is 0 Å². The molecule has 5 atom stereocenters. The molecule has 3 nitrogen and oxygen atoms in total. The first-order valence-corrected chi connectivity index (χ1v) is 7.67. The summed E-state index contributed by atoms with van der Waals surface area (Å²) < 4.78 is 0. The second-order valence-corrected chi connectivity index (χ2v) is 6.91. The van der Waals surface area contributed by atoms with Gasteiger partial charge < -0.3 is 10.6 Å². The molecule has 2 N–H and O–H groups in total. The van der Waals surface area contributed by atoms with Gasteiger partial charge in [-0.05, 0) is 49.4 Å². The maximum atomic E-state index is 12.4. The van der Waals surface area contributed by atoms with Crippen LogP contribution < -0.4 is 5.73 Å². The lowest BCUT2D eigenvalue weighted by Gasteiger charge is -2.36. The van der Waals surface area contributed by atoms with Gasteiger partial charge in [-0.1, -0.05) is 13.3 Å². The molecule has 2 bridgehead atoms. The maximum Gasteiger partial charge on any atom is 0.222 e. The van der Waals surface area contributed by atoms with Gasteiger partial charge in [0, 0.05) is 25.6 Å². The van der Waals surface area contributed by atoms with Crippen LogP contribution in [-0.2, 0) is 4.79 Å². The first-order valence-electron chi connectivity index (χ1n) is 7.67. The summed E-state index contributed by atoms with van der Waals surface area (Å²) in [5.74, 6) is 3.42. The van der Waals surface area contributed by atoms with E-state index in [-0.39, 0.29) is 6.04 Å². The van der Waals surface area contributed by atoms with Crippen molar-refractivity contribution >= 4 is 5.91 Å². The Labute approximate surface area is 110 Å². The number of rotatable bonds is 2. The number of hydrogen-bond acceptors (Lipinski definition) is 2. The lowest BCUT2D eigenvalue weighted by atomic mass is 9.85. The number of carbonyl (C=O) groups excluding carboxylic acids is 1. The van der Waals surface area contributed by atoms with Gasteiger partial charge in [-0.15, -0.1) is 0 Å². The summed E-state index contributed by atoms with van der Waals surface area (Å²) in [7, 11) is 0. The SMILES string of the molecule is CC1CCN(C(=O)CC2CC3CCC2C3)CC1N. The van der Waals surface area contributed by atoms with E-state index in [9.17, 15) is 4.79 Å². The van der Waals surface area contributed by atoms with Crippen molar-refractivity contribution in [2.75, 3.05) is 13.1 Å². The van der Waals surface area contributed by atoms with Gasteiger partial charge in [0.2, 0.25) is 5.91 Å². The number of nitrogens with zero attached hydrogens (tertiary/aromatic N) is 1. The summed E-state index contributed by atoms with van der Waals surface area (Å²) in [4.78, 5) is 14.4. The van der Waals surface area contributed by atoms with Gasteiger partial charge in [-0.25, -0.2) is 0 Å². The molecule has 0 radical (unpaired) electrons. The van der Waals surface area contributed by atoms with Crippen molar-refractivity contribution in [3.8, 4) is 0 Å². The maximum absolute atomic E-state index is 12.4. The molecule has 3 heteroatoms. The van der Waals surface area contributed by atoms with E-state index in [2.05, 4.69) is 6.92 Å². The molecular weight excluding hydrogens is 224 g/mol. The lowest BCUT2D eigenvalue weighted by molar-refractivity contribution is -0.134. The number of piperidine rings is 1. The Kier molecular flexibility index (Phi) is 3.35. The summed E-state index contributed by atoms with van der Waals surface area (Å²) >= 11 is 0. The van der Waals surface area contributed by atoms with Crippen LogP contribution in [-0.4, -0.2) is 29.9 Å². The van der Waals surface area contributed by atoms with E-state index in [1.165, 1.54) is 25.7 Å². The largest absolute Gasteiger partial charge is 0.341 e. The molecule has 0 aromatic heterocycles. The zero-order valence-electron chi connectivity index (χ0n) is 11.5. The molecule has 0 aromatic rings. The van der Waals surface area contributed by atoms with Gasteiger partial charge in [0.25, 0.3) is 0 Å². The van der Waals surface area contributed by atoms with Crippen LogP contribution in [0.15, 0.2) is 0 Å². The molecule has 3 aliphatic rings. The second-order valence-electron chi connectivity index (χ2n) is 6.91. The monoisotopic (exact) mass is 250 g/mol. The zero-order chi connectivity index (χ0) is 12.7. The Morgan fingerprint density at radius 3 is 2.72 bits per heavy atom. The fourth-order valence-corrected chi connectivity index (χ4v) is 4.31. The minimum atomic E-state index is 0.183. The van der Waals surface area contributed by atoms with Crippen molar-refractivity contribution in [2.45, 2.75) is 51.5 Å². The van der Waals surface area contributed by atoms with Gasteiger partial charge in [-0.3, -0.25) is 4.79 Å². The highest BCUT2D eigenvalue weighted by Crippen LogP contribution is 2.49. The van der Waals surface area contributed by atoms with E-state index < -0.39 is 0 Å². The minimum absolute atomic E-state index is 0.183. The number of fused-ring (bicyclic) bond motifs is 2. The Morgan fingerprint density at radius 2 is 2.11 bits per heavy atom. The average molecular weight is 250 g/mol. The third-order valence-corrected chi connectivity index (χ3v) is 5.69. The van der Waals surface area contributed by atoms with Crippen molar-refractivity contribution in [1.82, 2.24) is 4.90 Å². The second kappa shape index (κ2) is 4.84. The highest BCUT2D eigenvalue weighted by atomic mass is 16.2. The lowest BCUT2D eigenvalue weighted by Crippen LogP contribution is -2.50. The topological polar surface area (TPSA) is 46.3 Å². The molecule has 1 heterocycles. The molecule has 0 spiro atoms. The molecule has 0 aromatic carbocycles. The molecule has 102 valence electrons. The van der Waals surface area contributed by atoms with E-state index in [0.717, 1.165) is 37.8 Å². The molecule has 2 saturated carbocycles. The van der Waals surface area contributed by atoms with Crippen LogP contribution in [0.25, 0.3) is 0 Å². The molecule has 1 saturated heterocycles. The van der Waals surface area contributed by atoms with E-state index in [1.54, 1.807) is 0 Å². The van der Waals surface area contributed by atoms with Crippen molar-refractivity contribution in [2.24, 2.45) is 29.4 Å². The third kappa shape index (κ3) is 2.29. The smallest absolute Gasteiger partial charge is 0.222 e. The molecule has 3 fully saturated rings. The van der Waals surface area contributed by atoms with E-state index >= 15 is 0 Å². The van der Waals surface area contributed by atoms with Gasteiger partial charge in [0.1, 0.15) is 0 Å². The summed E-state index contributed by atoms with van der Waals surface area (Å²) in [6.45, 7) is 3.90. The molecule has 18 heavy (non-hydrogen) atoms. The summed E-state index contributed by atoms with van der Waals surface area (Å²) in [6.07, 6.45) is 7.37. The van der Waals surface area contributed by atoms with Crippen LogP contribution in [0.1, 0.15) is 45.4 Å². The Bertz CT molecular complexity index is 330. The van der Waals surface area contributed by atoms with Crippen LogP contribution in [0.2, 0.25) is 0 Å². The Morgan fingerprint density at radius 1 is 1.28 bits per heavy atom. The van der Waals surface area contributed by atoms with Crippen LogP contribution >= 0.6 is 0 Å². The van der Waals surface area contributed by atoms with Gasteiger partial charge in [-0.2, -0.15) is 0 Å². The fourth-order valence-electron chi connectivity index (χ4n) is 4.31. The number of carbonyl (C=O) groups is 1. The zero-order valence-corrected chi connectivity index (χ0v) is 11.5.